The second-order valence-corrected chi connectivity index (χ2v) is 6.60. The minimum Gasteiger partial charge on any atom is -1.00 e. The number of methoxy groups -OCH3 is 2. The number of rotatable bonds is 9. The van der Waals surface area contributed by atoms with E-state index in [1.165, 1.54) is 41.9 Å². The van der Waals surface area contributed by atoms with E-state index in [4.69, 9.17) is 5.11 Å². The summed E-state index contributed by atoms with van der Waals surface area (Å²) < 4.78 is 8.78. The Morgan fingerprint density at radius 1 is 0.733 bits per heavy atom. The number of hydrogen-bond acceptors (Lipinski definition) is 8. The fraction of sp³-hybridized carbons (Fsp3) is 0.684. The van der Waals surface area contributed by atoms with Crippen LogP contribution in [0.5, 0.6) is 0 Å². The molecule has 0 aliphatic carbocycles. The highest BCUT2D eigenvalue weighted by molar-refractivity contribution is 5.84. The van der Waals surface area contributed by atoms with E-state index < -0.39 is 23.9 Å². The summed E-state index contributed by atoms with van der Waals surface area (Å²) >= 11 is 0. The summed E-state index contributed by atoms with van der Waals surface area (Å²) in [5.74, 6) is -2.63. The average Bonchev–Trinajstić information content (AvgIpc) is 2.59. The van der Waals surface area contributed by atoms with Gasteiger partial charge < -0.3 is 42.3 Å². The van der Waals surface area contributed by atoms with Crippen LogP contribution in [0.3, 0.4) is 0 Å². The molecule has 0 fully saturated rings. The summed E-state index contributed by atoms with van der Waals surface area (Å²) in [5.41, 5.74) is 3.45. The highest BCUT2D eigenvalue weighted by atomic mass is 35.5. The Balaban J connectivity index is -0.000000167. The van der Waals surface area contributed by atoms with Crippen LogP contribution < -0.4 is 18.1 Å². The quantitative estimate of drug-likeness (QED) is 0.349. The molecule has 0 aromatic heterocycles. The molecule has 0 amide bonds. The summed E-state index contributed by atoms with van der Waals surface area (Å²) in [6.45, 7) is 7.46. The number of hydrogen-bond donors (Lipinski definition) is 2. The van der Waals surface area contributed by atoms with Crippen molar-refractivity contribution in [3.8, 4) is 0 Å². The van der Waals surface area contributed by atoms with Gasteiger partial charge in [0.2, 0.25) is 0 Å². The lowest BCUT2D eigenvalue weighted by molar-refractivity contribution is -0.406. The van der Waals surface area contributed by atoms with Gasteiger partial charge in [-0.1, -0.05) is 13.8 Å². The van der Waals surface area contributed by atoms with Crippen LogP contribution in [0.1, 0.15) is 53.9 Å². The van der Waals surface area contributed by atoms with Crippen molar-refractivity contribution in [2.24, 2.45) is 11.8 Å². The van der Waals surface area contributed by atoms with Crippen LogP contribution in [0.15, 0.2) is 0 Å². The molecule has 0 radical (unpaired) electrons. The first-order valence-electron chi connectivity index (χ1n) is 8.89. The van der Waals surface area contributed by atoms with Crippen molar-refractivity contribution in [1.82, 2.24) is 0 Å². The van der Waals surface area contributed by atoms with E-state index in [1.54, 1.807) is 6.92 Å². The fourth-order valence-electron chi connectivity index (χ4n) is 1.83. The lowest BCUT2D eigenvalue weighted by atomic mass is 10.1. The number of Topliss-reactive ketones (excluding diaryl/α,β-unsaturated/α-hetero) is 3. The van der Waals surface area contributed by atoms with Crippen molar-refractivity contribution in [3.63, 3.8) is 0 Å². The number of carboxylic acids is 1. The van der Waals surface area contributed by atoms with Crippen molar-refractivity contribution in [3.05, 3.63) is 0 Å². The maximum absolute atomic E-state index is 10.7. The molecule has 0 heterocycles. The highest BCUT2D eigenvalue weighted by Gasteiger charge is 2.19. The monoisotopic (exact) mass is 455 g/mol. The Labute approximate surface area is 183 Å². The predicted molar refractivity (Wildman–Crippen MR) is 103 cm³/mol. The van der Waals surface area contributed by atoms with Crippen LogP contribution in [-0.2, 0) is 38.2 Å². The lowest BCUT2D eigenvalue weighted by Gasteiger charge is -2.04. The van der Waals surface area contributed by atoms with Crippen LogP contribution in [0, 0.1) is 11.8 Å². The number of quaternary nitrogens is 1. The van der Waals surface area contributed by atoms with Crippen molar-refractivity contribution < 1.29 is 61.5 Å². The maximum atomic E-state index is 10.7. The third kappa shape index (κ3) is 23.7. The van der Waals surface area contributed by atoms with Gasteiger partial charge in [0.05, 0.1) is 32.5 Å². The largest absolute Gasteiger partial charge is 1.00 e. The molecular weight excluding hydrogens is 422 g/mol. The summed E-state index contributed by atoms with van der Waals surface area (Å²) in [6, 6.07) is -0.553. The molecule has 0 saturated heterocycles. The SMILES string of the molecule is CC(=O)C[C@H](C)C(=O)O.COC(=O)[C@@H](C)CC(C)=O.COC(=O)[C@@H]([NH3+])CC(C)=O.[Cl-]. The number of carbonyl (C=O) groups is 6. The van der Waals surface area contributed by atoms with Crippen molar-refractivity contribution in [1.29, 1.82) is 0 Å². The normalized spacial score (nSPS) is 12.0. The van der Waals surface area contributed by atoms with Gasteiger partial charge in [0.1, 0.15) is 17.3 Å². The van der Waals surface area contributed by atoms with E-state index in [0.29, 0.717) is 0 Å². The Kier molecular flexibility index (Phi) is 23.4. The maximum Gasteiger partial charge on any atom is 0.364 e. The standard InChI is InChI=1S/C7H12O3.C6H11NO3.C6H10O3.ClH/c1-5(4-6(2)8)7(9)10-3;1-4(8)3-5(7)6(9)10-2;1-4(6(8)9)3-5(2)7;/h5H,4H2,1-3H3;5H,3,7H2,1-2H3;4H,3H2,1-2H3,(H,8,9);1H/t2*5-;4-;/m000./s1. The third-order valence-electron chi connectivity index (χ3n) is 3.28. The van der Waals surface area contributed by atoms with Crippen LogP contribution in [0.2, 0.25) is 0 Å². The first kappa shape index (κ1) is 35.1. The molecule has 4 N–H and O–H groups in total. The highest BCUT2D eigenvalue weighted by Crippen LogP contribution is 2.03. The van der Waals surface area contributed by atoms with Crippen LogP contribution >= 0.6 is 0 Å². The Morgan fingerprint density at radius 3 is 1.30 bits per heavy atom. The van der Waals surface area contributed by atoms with Gasteiger partial charge in [-0.15, -0.1) is 0 Å². The molecule has 3 atom stereocenters. The minimum absolute atomic E-state index is 0. The molecule has 11 heteroatoms. The van der Waals surface area contributed by atoms with Gasteiger partial charge in [-0.25, -0.2) is 4.79 Å². The molecule has 30 heavy (non-hydrogen) atoms. The van der Waals surface area contributed by atoms with Crippen molar-refractivity contribution >= 4 is 35.3 Å². The van der Waals surface area contributed by atoms with E-state index in [9.17, 15) is 28.8 Å². The summed E-state index contributed by atoms with van der Waals surface area (Å²) in [5, 5.41) is 8.28. The molecule has 0 saturated carbocycles. The molecule has 10 nitrogen and oxygen atoms in total. The fourth-order valence-corrected chi connectivity index (χ4v) is 1.83. The second kappa shape index (κ2) is 20.0. The van der Waals surface area contributed by atoms with Crippen LogP contribution in [-0.4, -0.2) is 60.6 Å². The first-order chi connectivity index (χ1) is 13.2. The topological polar surface area (TPSA) is 169 Å². The number of ether oxygens (including phenoxy) is 2. The predicted octanol–water partition coefficient (Wildman–Crippen LogP) is -2.79. The van der Waals surface area contributed by atoms with Crippen molar-refractivity contribution in [2.45, 2.75) is 59.9 Å². The molecule has 0 rings (SSSR count). The summed E-state index contributed by atoms with van der Waals surface area (Å²) in [6.07, 6.45) is 0.564. The van der Waals surface area contributed by atoms with Gasteiger partial charge in [0, 0.05) is 12.8 Å². The number of carboxylic acid groups (broad SMARTS) is 1. The molecule has 0 unspecified atom stereocenters. The zero-order chi connectivity index (χ0) is 23.7. The van der Waals surface area contributed by atoms with Gasteiger partial charge in [0.15, 0.2) is 6.04 Å². The summed E-state index contributed by atoms with van der Waals surface area (Å²) in [7, 11) is 2.60. The van der Waals surface area contributed by atoms with Gasteiger partial charge in [-0.3, -0.25) is 14.4 Å². The lowest BCUT2D eigenvalue weighted by Crippen LogP contribution is -3.00. The number of carbonyl (C=O) groups excluding carboxylic acids is 5. The van der Waals surface area contributed by atoms with E-state index in [0.717, 1.165) is 0 Å². The number of halogens is 1. The van der Waals surface area contributed by atoms with E-state index in [1.807, 2.05) is 0 Å². The molecule has 0 bridgehead atoms. The molecular formula is C19H34ClNO9. The van der Waals surface area contributed by atoms with E-state index >= 15 is 0 Å². The Morgan fingerprint density at radius 2 is 1.07 bits per heavy atom. The minimum atomic E-state index is -0.912. The molecule has 0 aromatic carbocycles. The van der Waals surface area contributed by atoms with Gasteiger partial charge >= 0.3 is 17.9 Å². The molecule has 0 spiro atoms. The smallest absolute Gasteiger partial charge is 0.364 e. The van der Waals surface area contributed by atoms with E-state index in [-0.39, 0.29) is 60.9 Å². The number of ketones is 3. The van der Waals surface area contributed by atoms with E-state index in [2.05, 4.69) is 15.2 Å². The van der Waals surface area contributed by atoms with Crippen LogP contribution in [0.4, 0.5) is 0 Å². The van der Waals surface area contributed by atoms with Gasteiger partial charge in [-0.05, 0) is 20.8 Å². The second-order valence-electron chi connectivity index (χ2n) is 6.60. The van der Waals surface area contributed by atoms with Crippen molar-refractivity contribution in [2.75, 3.05) is 14.2 Å². The third-order valence-corrected chi connectivity index (χ3v) is 3.28. The zero-order valence-electron chi connectivity index (χ0n) is 18.7. The average molecular weight is 456 g/mol. The van der Waals surface area contributed by atoms with Gasteiger partial charge in [0.25, 0.3) is 0 Å². The number of aliphatic carboxylic acids is 1. The molecule has 0 aliphatic rings. The number of esters is 2. The Hall–Kier alpha value is -2.33. The molecule has 176 valence electrons. The Bertz CT molecular complexity index is 544. The molecule has 0 aromatic rings. The molecule has 0 aliphatic heterocycles. The van der Waals surface area contributed by atoms with Crippen LogP contribution in [0.25, 0.3) is 0 Å². The van der Waals surface area contributed by atoms with Gasteiger partial charge in [-0.2, -0.15) is 0 Å². The first-order valence-corrected chi connectivity index (χ1v) is 8.89. The summed E-state index contributed by atoms with van der Waals surface area (Å²) in [4.78, 5) is 62.6. The zero-order valence-corrected chi connectivity index (χ0v) is 19.4.